The van der Waals surface area contributed by atoms with Gasteiger partial charge in [-0.25, -0.2) is 0 Å². The van der Waals surface area contributed by atoms with Crippen molar-refractivity contribution in [2.24, 2.45) is 11.7 Å². The molecule has 0 aliphatic heterocycles. The Kier molecular flexibility index (Phi) is 3.00. The summed E-state index contributed by atoms with van der Waals surface area (Å²) in [6.45, 7) is 0.672. The Labute approximate surface area is 64.5 Å². The molecule has 0 radical (unpaired) electrons. The quantitative estimate of drug-likeness (QED) is 0.637. The SMILES string of the molecule is C[C@@H](N)C(C(F)(F)F)C(F)(F)F. The topological polar surface area (TPSA) is 26.0 Å². The van der Waals surface area contributed by atoms with Crippen molar-refractivity contribution in [2.45, 2.75) is 25.3 Å². The third kappa shape index (κ3) is 2.88. The second-order valence-electron chi connectivity index (χ2n) is 2.42. The second kappa shape index (κ2) is 3.12. The summed E-state index contributed by atoms with van der Waals surface area (Å²) in [7, 11) is 0. The Balaban J connectivity index is 4.70. The molecule has 0 aliphatic rings. The summed E-state index contributed by atoms with van der Waals surface area (Å²) >= 11 is 0. The number of halogens is 6. The molecule has 2 N–H and O–H groups in total. The third-order valence-electron chi connectivity index (χ3n) is 1.23. The van der Waals surface area contributed by atoms with Crippen LogP contribution in [0.3, 0.4) is 0 Å². The molecular formula is C5H7F6N. The predicted octanol–water partition coefficient (Wildman–Crippen LogP) is 2.07. The van der Waals surface area contributed by atoms with Crippen molar-refractivity contribution in [1.29, 1.82) is 0 Å². The summed E-state index contributed by atoms with van der Waals surface area (Å²) in [5, 5.41) is 0. The van der Waals surface area contributed by atoms with Crippen LogP contribution in [0.15, 0.2) is 0 Å². The summed E-state index contributed by atoms with van der Waals surface area (Å²) in [6, 6.07) is -1.98. The van der Waals surface area contributed by atoms with Crippen LogP contribution in [0, 0.1) is 5.92 Å². The molecule has 0 aliphatic carbocycles. The lowest BCUT2D eigenvalue weighted by Crippen LogP contribution is -2.47. The van der Waals surface area contributed by atoms with Gasteiger partial charge in [-0.2, -0.15) is 26.3 Å². The van der Waals surface area contributed by atoms with E-state index in [9.17, 15) is 26.3 Å². The van der Waals surface area contributed by atoms with Gasteiger partial charge in [0.2, 0.25) is 0 Å². The zero-order valence-corrected chi connectivity index (χ0v) is 6.00. The summed E-state index contributed by atoms with van der Waals surface area (Å²) in [5.74, 6) is -3.44. The molecule has 0 rings (SSSR count). The van der Waals surface area contributed by atoms with Crippen molar-refractivity contribution >= 4 is 0 Å². The highest BCUT2D eigenvalue weighted by molar-refractivity contribution is 4.81. The van der Waals surface area contributed by atoms with E-state index in [1.54, 1.807) is 0 Å². The highest BCUT2D eigenvalue weighted by Crippen LogP contribution is 2.40. The van der Waals surface area contributed by atoms with Gasteiger partial charge in [-0.3, -0.25) is 0 Å². The molecule has 0 aromatic carbocycles. The van der Waals surface area contributed by atoms with Crippen molar-refractivity contribution < 1.29 is 26.3 Å². The molecule has 74 valence electrons. The van der Waals surface area contributed by atoms with E-state index in [0.29, 0.717) is 6.92 Å². The van der Waals surface area contributed by atoms with Crippen LogP contribution in [-0.2, 0) is 0 Å². The van der Waals surface area contributed by atoms with Crippen LogP contribution in [0.1, 0.15) is 6.92 Å². The van der Waals surface area contributed by atoms with Gasteiger partial charge in [0.15, 0.2) is 5.92 Å². The third-order valence-corrected chi connectivity index (χ3v) is 1.23. The summed E-state index contributed by atoms with van der Waals surface area (Å²) < 4.78 is 70.0. The van der Waals surface area contributed by atoms with E-state index in [0.717, 1.165) is 0 Å². The van der Waals surface area contributed by atoms with Gasteiger partial charge >= 0.3 is 12.4 Å². The van der Waals surface area contributed by atoms with Crippen molar-refractivity contribution in [3.05, 3.63) is 0 Å². The van der Waals surface area contributed by atoms with Crippen LogP contribution in [0.4, 0.5) is 26.3 Å². The standard InChI is InChI=1S/C5H7F6N/c1-2(12)3(4(6,7)8)5(9,10)11/h2-3H,12H2,1H3/t2-/m1/s1. The smallest absolute Gasteiger partial charge is 0.327 e. The van der Waals surface area contributed by atoms with Crippen molar-refractivity contribution in [3.8, 4) is 0 Å². The van der Waals surface area contributed by atoms with Crippen molar-refractivity contribution in [2.75, 3.05) is 0 Å². The van der Waals surface area contributed by atoms with Crippen LogP contribution >= 0.6 is 0 Å². The molecule has 0 unspecified atom stereocenters. The molecule has 12 heavy (non-hydrogen) atoms. The molecule has 0 aromatic heterocycles. The highest BCUT2D eigenvalue weighted by Gasteiger charge is 2.58. The lowest BCUT2D eigenvalue weighted by Gasteiger charge is -2.25. The minimum absolute atomic E-state index is 0.672. The molecule has 0 amide bonds. The molecule has 0 bridgehead atoms. The zero-order chi connectivity index (χ0) is 10.2. The van der Waals surface area contributed by atoms with Gasteiger partial charge in [0.1, 0.15) is 0 Å². The van der Waals surface area contributed by atoms with E-state index in [1.807, 2.05) is 0 Å². The average Bonchev–Trinajstić information content (AvgIpc) is 1.49. The molecule has 0 fully saturated rings. The van der Waals surface area contributed by atoms with Crippen LogP contribution in [-0.4, -0.2) is 18.4 Å². The molecule has 1 nitrogen and oxygen atoms in total. The number of hydrogen-bond acceptors (Lipinski definition) is 1. The van der Waals surface area contributed by atoms with E-state index >= 15 is 0 Å². The van der Waals surface area contributed by atoms with Gasteiger partial charge in [-0.1, -0.05) is 0 Å². The Morgan fingerprint density at radius 2 is 1.17 bits per heavy atom. The van der Waals surface area contributed by atoms with Crippen LogP contribution in [0.2, 0.25) is 0 Å². The monoisotopic (exact) mass is 195 g/mol. The van der Waals surface area contributed by atoms with Crippen LogP contribution in [0.25, 0.3) is 0 Å². The first-order valence-corrected chi connectivity index (χ1v) is 2.96. The number of alkyl halides is 6. The first-order chi connectivity index (χ1) is 5.07. The molecule has 0 spiro atoms. The minimum atomic E-state index is -5.33. The molecule has 0 aromatic rings. The number of nitrogens with two attached hydrogens (primary N) is 1. The van der Waals surface area contributed by atoms with E-state index in [4.69, 9.17) is 0 Å². The Morgan fingerprint density at radius 1 is 0.917 bits per heavy atom. The zero-order valence-electron chi connectivity index (χ0n) is 6.00. The summed E-state index contributed by atoms with van der Waals surface area (Å²) in [6.07, 6.45) is -10.7. The van der Waals surface area contributed by atoms with Crippen molar-refractivity contribution in [3.63, 3.8) is 0 Å². The molecular weight excluding hydrogens is 188 g/mol. The van der Waals surface area contributed by atoms with Gasteiger partial charge < -0.3 is 5.73 Å². The maximum Gasteiger partial charge on any atom is 0.401 e. The largest absolute Gasteiger partial charge is 0.401 e. The average molecular weight is 195 g/mol. The predicted molar refractivity (Wildman–Crippen MR) is 29.2 cm³/mol. The number of rotatable bonds is 1. The molecule has 7 heteroatoms. The first kappa shape index (κ1) is 11.5. The normalized spacial score (nSPS) is 16.8. The second-order valence-corrected chi connectivity index (χ2v) is 2.42. The fourth-order valence-electron chi connectivity index (χ4n) is 0.782. The fraction of sp³-hybridized carbons (Fsp3) is 1.00. The van der Waals surface area contributed by atoms with E-state index in [-0.39, 0.29) is 0 Å². The number of hydrogen-bond donors (Lipinski definition) is 1. The highest BCUT2D eigenvalue weighted by atomic mass is 19.4. The summed E-state index contributed by atoms with van der Waals surface area (Å²) in [4.78, 5) is 0. The lowest BCUT2D eigenvalue weighted by molar-refractivity contribution is -0.288. The Bertz CT molecular complexity index is 131. The molecule has 1 atom stereocenters. The maximum absolute atomic E-state index is 11.7. The molecule has 0 saturated carbocycles. The van der Waals surface area contributed by atoms with Crippen molar-refractivity contribution in [1.82, 2.24) is 0 Å². The lowest BCUT2D eigenvalue weighted by atomic mass is 10.0. The van der Waals surface area contributed by atoms with E-state index in [1.165, 1.54) is 0 Å². The molecule has 0 heterocycles. The van der Waals surface area contributed by atoms with Crippen LogP contribution < -0.4 is 5.73 Å². The van der Waals surface area contributed by atoms with E-state index < -0.39 is 24.3 Å². The van der Waals surface area contributed by atoms with Gasteiger partial charge in [0, 0.05) is 6.04 Å². The fourth-order valence-corrected chi connectivity index (χ4v) is 0.782. The Hall–Kier alpha value is -0.460. The van der Waals surface area contributed by atoms with Crippen LogP contribution in [0.5, 0.6) is 0 Å². The Morgan fingerprint density at radius 3 is 1.17 bits per heavy atom. The van der Waals surface area contributed by atoms with Gasteiger partial charge in [0.25, 0.3) is 0 Å². The molecule has 0 saturated heterocycles. The summed E-state index contributed by atoms with van der Waals surface area (Å²) in [5.41, 5.74) is 4.57. The van der Waals surface area contributed by atoms with Gasteiger partial charge in [-0.15, -0.1) is 0 Å². The first-order valence-electron chi connectivity index (χ1n) is 2.96. The van der Waals surface area contributed by atoms with Gasteiger partial charge in [-0.05, 0) is 6.92 Å². The van der Waals surface area contributed by atoms with E-state index in [2.05, 4.69) is 5.73 Å². The minimum Gasteiger partial charge on any atom is -0.327 e. The maximum atomic E-state index is 11.7. The van der Waals surface area contributed by atoms with Gasteiger partial charge in [0.05, 0.1) is 0 Å².